The Morgan fingerprint density at radius 2 is 2.03 bits per heavy atom. The average Bonchev–Trinajstić information content (AvgIpc) is 3.57. The average molecular weight is 515 g/mol. The standard InChI is InChI=1S/C28H26N4O6/c1-37-20-5-4-18-14-32(26(35)21(18)11-20)16-28(12-24(33)30-27(28)36)23-10-19-15-31(8-6-22(19)38-23)25(34)9-17-3-2-7-29-13-17/h2-5,7,10-11,13H,6,8-9,12,14-16H2,1H3,(H,30,33,36)/t28-/m1/s1. The molecule has 0 spiro atoms. The number of carbonyl (C=O) groups excluding carboxylic acids is 4. The van der Waals surface area contributed by atoms with Gasteiger partial charge in [0.05, 0.1) is 20.0 Å². The molecule has 5 heterocycles. The summed E-state index contributed by atoms with van der Waals surface area (Å²) >= 11 is 0. The predicted octanol–water partition coefficient (Wildman–Crippen LogP) is 1.75. The molecule has 1 aromatic carbocycles. The molecule has 3 aliphatic rings. The molecule has 0 aliphatic carbocycles. The van der Waals surface area contributed by atoms with E-state index in [1.165, 1.54) is 7.11 Å². The molecule has 4 amide bonds. The summed E-state index contributed by atoms with van der Waals surface area (Å²) in [5.74, 6) is 0.456. The van der Waals surface area contributed by atoms with E-state index in [-0.39, 0.29) is 31.2 Å². The molecule has 3 aromatic rings. The summed E-state index contributed by atoms with van der Waals surface area (Å²) in [6.07, 6.45) is 3.96. The van der Waals surface area contributed by atoms with E-state index < -0.39 is 17.2 Å². The van der Waals surface area contributed by atoms with Gasteiger partial charge in [0.1, 0.15) is 22.7 Å². The van der Waals surface area contributed by atoms with Crippen LogP contribution < -0.4 is 10.1 Å². The molecule has 194 valence electrons. The number of rotatable bonds is 6. The number of ether oxygens (including phenoxy) is 1. The first-order valence-corrected chi connectivity index (χ1v) is 12.5. The van der Waals surface area contributed by atoms with Gasteiger partial charge in [-0.1, -0.05) is 12.1 Å². The highest BCUT2D eigenvalue weighted by Crippen LogP contribution is 2.39. The minimum atomic E-state index is -1.35. The molecule has 1 saturated heterocycles. The summed E-state index contributed by atoms with van der Waals surface area (Å²) in [5, 5.41) is 2.40. The second-order valence-corrected chi connectivity index (χ2v) is 9.98. The van der Waals surface area contributed by atoms with Gasteiger partial charge in [-0.15, -0.1) is 0 Å². The van der Waals surface area contributed by atoms with Crippen LogP contribution >= 0.6 is 0 Å². The first-order valence-electron chi connectivity index (χ1n) is 12.5. The minimum Gasteiger partial charge on any atom is -0.497 e. The highest BCUT2D eigenvalue weighted by Gasteiger charge is 2.53. The number of aromatic nitrogens is 1. The van der Waals surface area contributed by atoms with Gasteiger partial charge in [0.2, 0.25) is 17.7 Å². The highest BCUT2D eigenvalue weighted by molar-refractivity contribution is 6.09. The van der Waals surface area contributed by atoms with Gasteiger partial charge >= 0.3 is 0 Å². The SMILES string of the molecule is COc1ccc2c(c1)C(=O)N(C[C@@]1(c3cc4c(o3)CCN(C(=O)Cc3cccnc3)C4)CC(=O)NC1=O)C2. The second kappa shape index (κ2) is 9.13. The van der Waals surface area contributed by atoms with E-state index in [4.69, 9.17) is 9.15 Å². The van der Waals surface area contributed by atoms with Gasteiger partial charge in [-0.05, 0) is 35.4 Å². The quantitative estimate of drug-likeness (QED) is 0.498. The molecule has 0 unspecified atom stereocenters. The van der Waals surface area contributed by atoms with Crippen molar-refractivity contribution < 1.29 is 28.3 Å². The number of pyridine rings is 1. The Morgan fingerprint density at radius 1 is 1.16 bits per heavy atom. The number of hydrogen-bond acceptors (Lipinski definition) is 7. The maximum Gasteiger partial charge on any atom is 0.254 e. The number of carbonyl (C=O) groups is 4. The van der Waals surface area contributed by atoms with Gasteiger partial charge in [-0.25, -0.2) is 0 Å². The van der Waals surface area contributed by atoms with Crippen LogP contribution in [-0.2, 0) is 45.7 Å². The fourth-order valence-corrected chi connectivity index (χ4v) is 5.54. The van der Waals surface area contributed by atoms with Crippen LogP contribution in [0.15, 0.2) is 53.2 Å². The first-order chi connectivity index (χ1) is 18.4. The van der Waals surface area contributed by atoms with Crippen LogP contribution in [-0.4, -0.2) is 58.6 Å². The number of methoxy groups -OCH3 is 1. The third-order valence-corrected chi connectivity index (χ3v) is 7.58. The van der Waals surface area contributed by atoms with Crippen LogP contribution in [0.3, 0.4) is 0 Å². The van der Waals surface area contributed by atoms with Crippen molar-refractivity contribution in [3.63, 3.8) is 0 Å². The topological polar surface area (TPSA) is 122 Å². The van der Waals surface area contributed by atoms with Crippen molar-refractivity contribution >= 4 is 23.6 Å². The summed E-state index contributed by atoms with van der Waals surface area (Å²) in [4.78, 5) is 59.2. The lowest BCUT2D eigenvalue weighted by Gasteiger charge is -2.28. The number of benzene rings is 1. The molecule has 3 aliphatic heterocycles. The molecule has 0 saturated carbocycles. The Bertz CT molecular complexity index is 1470. The van der Waals surface area contributed by atoms with Crippen molar-refractivity contribution in [3.05, 3.63) is 82.6 Å². The molecule has 38 heavy (non-hydrogen) atoms. The highest BCUT2D eigenvalue weighted by atomic mass is 16.5. The van der Waals surface area contributed by atoms with Crippen LogP contribution in [0.4, 0.5) is 0 Å². The number of fused-ring (bicyclic) bond motifs is 2. The largest absolute Gasteiger partial charge is 0.497 e. The van der Waals surface area contributed by atoms with Crippen LogP contribution in [0.25, 0.3) is 0 Å². The van der Waals surface area contributed by atoms with E-state index in [0.717, 1.165) is 16.7 Å². The Hall–Kier alpha value is -4.47. The fraction of sp³-hybridized carbons (Fsp3) is 0.321. The van der Waals surface area contributed by atoms with Crippen molar-refractivity contribution in [2.24, 2.45) is 0 Å². The lowest BCUT2D eigenvalue weighted by atomic mass is 9.82. The van der Waals surface area contributed by atoms with Gasteiger partial charge < -0.3 is 19.0 Å². The zero-order valence-corrected chi connectivity index (χ0v) is 20.9. The second-order valence-electron chi connectivity index (χ2n) is 9.98. The Labute approximate surface area is 218 Å². The summed E-state index contributed by atoms with van der Waals surface area (Å²) in [6, 6.07) is 10.7. The zero-order chi connectivity index (χ0) is 26.4. The third-order valence-electron chi connectivity index (χ3n) is 7.58. The number of nitrogens with one attached hydrogen (secondary N) is 1. The van der Waals surface area contributed by atoms with Crippen molar-refractivity contribution in [1.29, 1.82) is 0 Å². The minimum absolute atomic E-state index is 0.00352. The van der Waals surface area contributed by atoms with E-state index in [1.807, 2.05) is 12.1 Å². The first kappa shape index (κ1) is 23.9. The van der Waals surface area contributed by atoms with Crippen molar-refractivity contribution in [1.82, 2.24) is 20.1 Å². The number of furan rings is 1. The summed E-state index contributed by atoms with van der Waals surface area (Å²) < 4.78 is 11.5. The number of imide groups is 1. The van der Waals surface area contributed by atoms with E-state index in [2.05, 4.69) is 10.3 Å². The summed E-state index contributed by atoms with van der Waals surface area (Å²) in [5.41, 5.74) is 1.65. The number of amides is 4. The van der Waals surface area contributed by atoms with Crippen molar-refractivity contribution in [3.8, 4) is 5.75 Å². The summed E-state index contributed by atoms with van der Waals surface area (Å²) in [6.45, 7) is 1.14. The summed E-state index contributed by atoms with van der Waals surface area (Å²) in [7, 11) is 1.54. The molecule has 1 fully saturated rings. The molecule has 10 heteroatoms. The molecule has 0 bridgehead atoms. The van der Waals surface area contributed by atoms with Gasteiger partial charge in [0.15, 0.2) is 0 Å². The molecular weight excluding hydrogens is 488 g/mol. The molecule has 10 nitrogen and oxygen atoms in total. The molecule has 1 N–H and O–H groups in total. The third kappa shape index (κ3) is 4.02. The maximum atomic E-state index is 13.3. The molecule has 6 rings (SSSR count). The number of hydrogen-bond donors (Lipinski definition) is 1. The zero-order valence-electron chi connectivity index (χ0n) is 20.9. The van der Waals surface area contributed by atoms with Crippen LogP contribution in [0.2, 0.25) is 0 Å². The Morgan fingerprint density at radius 3 is 2.76 bits per heavy atom. The maximum absolute atomic E-state index is 13.3. The van der Waals surface area contributed by atoms with E-state index in [0.29, 0.717) is 48.9 Å². The normalized spacial score (nSPS) is 20.4. The number of nitrogens with zero attached hydrogens (tertiary/aromatic N) is 3. The monoisotopic (exact) mass is 514 g/mol. The van der Waals surface area contributed by atoms with Gasteiger partial charge in [0.25, 0.3) is 5.91 Å². The van der Waals surface area contributed by atoms with E-state index >= 15 is 0 Å². The Kier molecular flexibility index (Phi) is 5.74. The van der Waals surface area contributed by atoms with E-state index in [1.54, 1.807) is 46.5 Å². The Balaban J connectivity index is 1.26. The van der Waals surface area contributed by atoms with Gasteiger partial charge in [0, 0.05) is 56.1 Å². The van der Waals surface area contributed by atoms with Crippen LogP contribution in [0.1, 0.15) is 45.0 Å². The van der Waals surface area contributed by atoms with Crippen molar-refractivity contribution in [2.45, 2.75) is 37.8 Å². The predicted molar refractivity (Wildman–Crippen MR) is 133 cm³/mol. The smallest absolute Gasteiger partial charge is 0.254 e. The lowest BCUT2D eigenvalue weighted by Crippen LogP contribution is -2.46. The van der Waals surface area contributed by atoms with Gasteiger partial charge in [-0.2, -0.15) is 0 Å². The molecule has 1 atom stereocenters. The van der Waals surface area contributed by atoms with Gasteiger partial charge in [-0.3, -0.25) is 29.5 Å². The van der Waals surface area contributed by atoms with E-state index in [9.17, 15) is 19.2 Å². The molecule has 0 radical (unpaired) electrons. The molecule has 2 aromatic heterocycles. The van der Waals surface area contributed by atoms with Crippen molar-refractivity contribution in [2.75, 3.05) is 20.2 Å². The van der Waals surface area contributed by atoms with Crippen LogP contribution in [0.5, 0.6) is 5.75 Å². The van der Waals surface area contributed by atoms with Crippen LogP contribution in [0, 0.1) is 0 Å². The lowest BCUT2D eigenvalue weighted by molar-refractivity contribution is -0.131. The fourth-order valence-electron chi connectivity index (χ4n) is 5.54. The molecular formula is C28H26N4O6.